The Morgan fingerprint density at radius 3 is 2.53 bits per heavy atom. The maximum atomic E-state index is 13.3. The minimum absolute atomic E-state index is 0. The number of carbonyl (C=O) groups excluding carboxylic acids is 1. The predicted molar refractivity (Wildman–Crippen MR) is 176 cm³/mol. The Hall–Kier alpha value is -2.95. The minimum atomic E-state index is -1.01. The van der Waals surface area contributed by atoms with Gasteiger partial charge in [0.25, 0.3) is 0 Å². The molecule has 0 spiro atoms. The van der Waals surface area contributed by atoms with Crippen LogP contribution in [-0.2, 0) is 14.3 Å². The minimum Gasteiger partial charge on any atom is -0.681 e. The second kappa shape index (κ2) is 12.7. The fourth-order valence-corrected chi connectivity index (χ4v) is 8.36. The van der Waals surface area contributed by atoms with Crippen molar-refractivity contribution in [2.24, 2.45) is 29.6 Å². The number of carboxylic acids is 1. The Bertz CT molecular complexity index is 1640. The predicted octanol–water partition coefficient (Wildman–Crippen LogP) is 4.74. The van der Waals surface area contributed by atoms with Crippen LogP contribution in [0.2, 0.25) is 0 Å². The molecule has 4 aliphatic heterocycles. The standard InChI is InChI=1S/C35H42N4O5.Mg/c1-8-19-15(3)22-12-24-17(5)21(10-11-28(40)41)32(38-24)30-31(35(43)44-7)34(42)29-18(6)25(39-33(29)30)14-27-20(9-2)16(4)23(37-27)13-26(19)36-22;/h8,12-13,17-18,20-21,24-25,27,31-32,42H,1,9-11,14H2,2-7H3,(H,40,41);/q-4;+2/b22-12-,26-13-;/t17-,18?,20?,21-,24?,25?,27?,31+,32?;/m0./s1. The number of rotatable bonds is 6. The summed E-state index contributed by atoms with van der Waals surface area (Å²) in [5.41, 5.74) is 6.13. The van der Waals surface area contributed by atoms with Crippen molar-refractivity contribution in [3.05, 3.63) is 78.2 Å². The quantitative estimate of drug-likeness (QED) is 0.347. The summed E-state index contributed by atoms with van der Waals surface area (Å²) >= 11 is 0. The maximum absolute atomic E-state index is 13.3. The van der Waals surface area contributed by atoms with Gasteiger partial charge in [-0.25, -0.2) is 0 Å². The van der Waals surface area contributed by atoms with Crippen LogP contribution in [0.25, 0.3) is 34.2 Å². The molecule has 6 rings (SSSR count). The van der Waals surface area contributed by atoms with Gasteiger partial charge in [0.15, 0.2) is 0 Å². The molecule has 8 bridgehead atoms. The van der Waals surface area contributed by atoms with Crippen molar-refractivity contribution in [1.82, 2.24) is 4.98 Å². The summed E-state index contributed by atoms with van der Waals surface area (Å²) in [5, 5.41) is 38.6. The molecule has 10 heteroatoms. The van der Waals surface area contributed by atoms with Crippen LogP contribution in [0.4, 0.5) is 0 Å². The van der Waals surface area contributed by atoms with Gasteiger partial charge in [0, 0.05) is 6.42 Å². The summed E-state index contributed by atoms with van der Waals surface area (Å²) in [7, 11) is 1.32. The van der Waals surface area contributed by atoms with Gasteiger partial charge in [0.05, 0.1) is 7.11 Å². The summed E-state index contributed by atoms with van der Waals surface area (Å²) in [6, 6.07) is -0.909. The van der Waals surface area contributed by atoms with E-state index < -0.39 is 23.9 Å². The van der Waals surface area contributed by atoms with Gasteiger partial charge in [-0.1, -0.05) is 80.9 Å². The molecule has 45 heavy (non-hydrogen) atoms. The van der Waals surface area contributed by atoms with Crippen LogP contribution in [0, 0.1) is 36.5 Å². The molecule has 0 amide bonds. The molecule has 1 aromatic heterocycles. The van der Waals surface area contributed by atoms with Crippen molar-refractivity contribution in [2.45, 2.75) is 84.5 Å². The SMILES string of the molecule is C=Cc1c(C)/c2[n-]/c1=C\C1=C(C)C(CC)C(CC3[N-]C4=C(C5[N-]C(\C=2)[C@@H](C)[C@@H]5CCC(=O)O)[C@@H](C(=O)OC)C(O)=C4C3C)[N-]1.[Mg+2]. The van der Waals surface area contributed by atoms with Crippen molar-refractivity contribution >= 4 is 53.2 Å². The summed E-state index contributed by atoms with van der Waals surface area (Å²) in [6.45, 7) is 14.6. The number of ether oxygens (including phenoxy) is 1. The maximum Gasteiger partial charge on any atom is 2.00 e. The number of carboxylic acid groups (broad SMARTS) is 1. The smallest absolute Gasteiger partial charge is 0.681 e. The number of hydrogen-bond donors (Lipinski definition) is 2. The molecule has 0 aromatic carbocycles. The van der Waals surface area contributed by atoms with Gasteiger partial charge >= 0.3 is 35.0 Å². The van der Waals surface area contributed by atoms with Crippen LogP contribution in [0.3, 0.4) is 0 Å². The van der Waals surface area contributed by atoms with Crippen molar-refractivity contribution in [3.63, 3.8) is 0 Å². The number of aliphatic carboxylic acids is 1. The first kappa shape index (κ1) is 33.4. The van der Waals surface area contributed by atoms with E-state index in [0.717, 1.165) is 33.9 Å². The van der Waals surface area contributed by atoms with E-state index in [2.05, 4.69) is 46.4 Å². The second-order valence-corrected chi connectivity index (χ2v) is 13.0. The average Bonchev–Trinajstić information content (AvgIpc) is 3.72. The van der Waals surface area contributed by atoms with Gasteiger partial charge in [-0.2, -0.15) is 0 Å². The summed E-state index contributed by atoms with van der Waals surface area (Å²) in [4.78, 5) is 30.1. The number of hydrogen-bond acceptors (Lipinski definition) is 4. The molecular weight excluding hydrogens is 581 g/mol. The van der Waals surface area contributed by atoms with Gasteiger partial charge in [0.1, 0.15) is 11.7 Å². The molecule has 0 saturated carbocycles. The van der Waals surface area contributed by atoms with E-state index in [4.69, 9.17) is 25.7 Å². The number of aliphatic hydroxyl groups is 1. The van der Waals surface area contributed by atoms with E-state index in [0.29, 0.717) is 29.7 Å². The fraction of sp³-hybridized carbons (Fsp3) is 0.543. The Morgan fingerprint density at radius 1 is 1.16 bits per heavy atom. The molecule has 5 heterocycles. The molecule has 1 aliphatic carbocycles. The van der Waals surface area contributed by atoms with E-state index in [1.807, 2.05) is 13.0 Å². The largest absolute Gasteiger partial charge is 2.00 e. The third kappa shape index (κ3) is 5.36. The van der Waals surface area contributed by atoms with Gasteiger partial charge < -0.3 is 35.9 Å². The average molecular weight is 623 g/mol. The van der Waals surface area contributed by atoms with Crippen LogP contribution < -0.4 is 15.7 Å². The van der Waals surface area contributed by atoms with Crippen LogP contribution in [0.15, 0.2) is 40.5 Å². The van der Waals surface area contributed by atoms with E-state index in [9.17, 15) is 19.8 Å². The van der Waals surface area contributed by atoms with E-state index >= 15 is 0 Å². The monoisotopic (exact) mass is 622 g/mol. The number of allylic oxidation sites excluding steroid dienone is 2. The summed E-state index contributed by atoms with van der Waals surface area (Å²) in [6.07, 6.45) is 7.99. The van der Waals surface area contributed by atoms with Gasteiger partial charge in [-0.15, -0.1) is 52.3 Å². The van der Waals surface area contributed by atoms with Crippen molar-refractivity contribution in [3.8, 4) is 0 Å². The Kier molecular flexibility index (Phi) is 9.42. The molecule has 9 nitrogen and oxygen atoms in total. The first-order valence-electron chi connectivity index (χ1n) is 15.8. The molecule has 5 aliphatic rings. The molecule has 236 valence electrons. The van der Waals surface area contributed by atoms with Crippen molar-refractivity contribution < 1.29 is 24.5 Å². The molecule has 1 aromatic rings. The number of carbonyl (C=O) groups is 2. The van der Waals surface area contributed by atoms with Crippen molar-refractivity contribution in [2.75, 3.05) is 7.11 Å². The van der Waals surface area contributed by atoms with Crippen LogP contribution >= 0.6 is 0 Å². The van der Waals surface area contributed by atoms with Gasteiger partial charge in [-0.05, 0) is 43.2 Å². The third-order valence-corrected chi connectivity index (χ3v) is 10.9. The molecule has 6 unspecified atom stereocenters. The first-order valence-corrected chi connectivity index (χ1v) is 15.8. The van der Waals surface area contributed by atoms with Crippen LogP contribution in [-0.4, -0.2) is 76.5 Å². The fourth-order valence-electron chi connectivity index (χ4n) is 8.36. The molecule has 2 saturated heterocycles. The summed E-state index contributed by atoms with van der Waals surface area (Å²) < 4.78 is 5.21. The molecular formula is C35H42MgN4O5-2. The Labute approximate surface area is 281 Å². The topological polar surface area (TPSA) is 140 Å². The third-order valence-electron chi connectivity index (χ3n) is 10.9. The number of nitrogens with zero attached hydrogens (tertiary/aromatic N) is 4. The number of aliphatic hydroxyl groups excluding tert-OH is 1. The zero-order chi connectivity index (χ0) is 31.6. The molecule has 2 N–H and O–H groups in total. The second-order valence-electron chi connectivity index (χ2n) is 13.0. The van der Waals surface area contributed by atoms with Gasteiger partial charge in [0.2, 0.25) is 0 Å². The van der Waals surface area contributed by atoms with Crippen LogP contribution in [0.5, 0.6) is 0 Å². The van der Waals surface area contributed by atoms with Crippen molar-refractivity contribution in [1.29, 1.82) is 0 Å². The van der Waals surface area contributed by atoms with E-state index in [-0.39, 0.29) is 77.0 Å². The Morgan fingerprint density at radius 2 is 1.89 bits per heavy atom. The number of esters is 1. The Balaban J connectivity index is 0.00000400. The van der Waals surface area contributed by atoms with E-state index in [1.54, 1.807) is 0 Å². The van der Waals surface area contributed by atoms with Crippen LogP contribution in [0.1, 0.15) is 64.5 Å². The van der Waals surface area contributed by atoms with E-state index in [1.165, 1.54) is 12.7 Å². The number of methoxy groups -OCH3 is 1. The molecule has 0 radical (unpaired) electrons. The number of fused-ring (bicyclic) bond motifs is 8. The normalized spacial score (nSPS) is 34.8. The number of aromatic nitrogens is 1. The zero-order valence-corrected chi connectivity index (χ0v) is 28.5. The first-order chi connectivity index (χ1) is 21.0. The molecule has 9 atom stereocenters. The zero-order valence-electron chi connectivity index (χ0n) is 27.1. The summed E-state index contributed by atoms with van der Waals surface area (Å²) in [5.74, 6) is -2.55. The van der Waals surface area contributed by atoms with Gasteiger partial charge in [-0.3, -0.25) is 9.59 Å². The molecule has 2 fully saturated rings.